The number of rotatable bonds is 0. The molecule has 0 aromatic heterocycles. The van der Waals surface area contributed by atoms with Crippen molar-refractivity contribution in [3.63, 3.8) is 0 Å². The molecule has 0 aliphatic carbocycles. The second-order valence-corrected chi connectivity index (χ2v) is 2.15. The van der Waals surface area contributed by atoms with Gasteiger partial charge in [-0.15, -0.1) is 29.7 Å². The van der Waals surface area contributed by atoms with E-state index in [1.807, 2.05) is 0 Å². The predicted molar refractivity (Wildman–Crippen MR) is 39.5 cm³/mol. The Kier molecular flexibility index (Phi) is 2.20. The second kappa shape index (κ2) is 2.96. The Morgan fingerprint density at radius 1 is 1.00 bits per heavy atom. The van der Waals surface area contributed by atoms with Gasteiger partial charge in [-0.3, -0.25) is 0 Å². The summed E-state index contributed by atoms with van der Waals surface area (Å²) in [4.78, 5) is 0. The quantitative estimate of drug-likeness (QED) is 0.421. The van der Waals surface area contributed by atoms with Crippen molar-refractivity contribution in [1.82, 2.24) is 0 Å². The summed E-state index contributed by atoms with van der Waals surface area (Å²) in [6.45, 7) is 0. The Labute approximate surface area is 70.7 Å². The van der Waals surface area contributed by atoms with Crippen LogP contribution in [0.15, 0.2) is 42.5 Å². The fourth-order valence-electron chi connectivity index (χ4n) is 1.07. The zero-order valence-electron chi connectivity index (χ0n) is 5.42. The molecule has 0 bridgehead atoms. The van der Waals surface area contributed by atoms with Crippen LogP contribution in [-0.2, 0) is 17.1 Å². The SMILES string of the molecule is [Mn].c1ccc2[cH-]ccc2c1. The maximum absolute atomic E-state index is 2.12. The molecule has 0 amide bonds. The monoisotopic (exact) mass is 170 g/mol. The molecule has 0 unspecified atom stereocenters. The van der Waals surface area contributed by atoms with Crippen LogP contribution in [0.2, 0.25) is 0 Å². The van der Waals surface area contributed by atoms with E-state index in [0.29, 0.717) is 0 Å². The third kappa shape index (κ3) is 1.11. The molecule has 0 nitrogen and oxygen atoms in total. The van der Waals surface area contributed by atoms with Crippen LogP contribution in [-0.4, -0.2) is 0 Å². The molecule has 0 fully saturated rings. The van der Waals surface area contributed by atoms with Gasteiger partial charge >= 0.3 is 0 Å². The standard InChI is InChI=1S/C9H7.Mn/c1-2-5-9-7-3-6-8(9)4-1;/h1-7H;/q-1;. The zero-order chi connectivity index (χ0) is 6.10. The first-order chi connectivity index (χ1) is 4.47. The van der Waals surface area contributed by atoms with Gasteiger partial charge in [0.15, 0.2) is 0 Å². The van der Waals surface area contributed by atoms with Gasteiger partial charge in [-0.05, 0) is 0 Å². The van der Waals surface area contributed by atoms with E-state index in [1.54, 1.807) is 0 Å². The molecule has 0 aliphatic heterocycles. The number of hydrogen-bond acceptors (Lipinski definition) is 0. The number of benzene rings is 1. The van der Waals surface area contributed by atoms with E-state index in [2.05, 4.69) is 42.5 Å². The molecule has 1 heteroatoms. The molecule has 2 aromatic rings. The molecule has 0 heterocycles. The Morgan fingerprint density at radius 2 is 1.80 bits per heavy atom. The molecular weight excluding hydrogens is 163 g/mol. The largest absolute Gasteiger partial charge is 0.168 e. The molecule has 0 atom stereocenters. The first-order valence-electron chi connectivity index (χ1n) is 3.07. The summed E-state index contributed by atoms with van der Waals surface area (Å²) in [6.07, 6.45) is 0. The smallest absolute Gasteiger partial charge is 0 e. The molecule has 2 rings (SSSR count). The van der Waals surface area contributed by atoms with Crippen molar-refractivity contribution in [1.29, 1.82) is 0 Å². The van der Waals surface area contributed by atoms with Crippen LogP contribution >= 0.6 is 0 Å². The minimum atomic E-state index is 0. The normalized spacial score (nSPS) is 9.20. The number of fused-ring (bicyclic) bond motifs is 1. The minimum absolute atomic E-state index is 0. The first kappa shape index (κ1) is 7.46. The van der Waals surface area contributed by atoms with Crippen LogP contribution in [0.5, 0.6) is 0 Å². The van der Waals surface area contributed by atoms with Crippen molar-refractivity contribution >= 4 is 10.8 Å². The van der Waals surface area contributed by atoms with Crippen molar-refractivity contribution in [2.24, 2.45) is 0 Å². The van der Waals surface area contributed by atoms with Gasteiger partial charge in [-0.25, -0.2) is 0 Å². The van der Waals surface area contributed by atoms with E-state index < -0.39 is 0 Å². The van der Waals surface area contributed by atoms with Crippen molar-refractivity contribution < 1.29 is 17.1 Å². The van der Waals surface area contributed by atoms with Gasteiger partial charge < -0.3 is 0 Å². The molecule has 0 aliphatic rings. The molecule has 51 valence electrons. The third-order valence-electron chi connectivity index (χ3n) is 1.55. The second-order valence-electron chi connectivity index (χ2n) is 2.15. The van der Waals surface area contributed by atoms with Gasteiger partial charge in [0.05, 0.1) is 0 Å². The summed E-state index contributed by atoms with van der Waals surface area (Å²) in [5.74, 6) is 0. The molecular formula is C9H7Mn-. The van der Waals surface area contributed by atoms with Gasteiger partial charge in [0.1, 0.15) is 0 Å². The molecule has 0 N–H and O–H groups in total. The molecule has 0 saturated carbocycles. The van der Waals surface area contributed by atoms with Crippen LogP contribution in [0.1, 0.15) is 0 Å². The molecule has 0 saturated heterocycles. The van der Waals surface area contributed by atoms with E-state index in [-0.39, 0.29) is 17.1 Å². The summed E-state index contributed by atoms with van der Waals surface area (Å²) in [7, 11) is 0. The minimum Gasteiger partial charge on any atom is -0.168 e. The van der Waals surface area contributed by atoms with E-state index in [9.17, 15) is 0 Å². The van der Waals surface area contributed by atoms with Gasteiger partial charge in [0.2, 0.25) is 0 Å². The Hall–Kier alpha value is -0.651. The van der Waals surface area contributed by atoms with Crippen molar-refractivity contribution in [3.8, 4) is 0 Å². The number of hydrogen-bond donors (Lipinski definition) is 0. The van der Waals surface area contributed by atoms with Crippen LogP contribution in [0.25, 0.3) is 10.8 Å². The Bertz CT molecular complexity index is 279. The maximum atomic E-state index is 2.12. The maximum Gasteiger partial charge on any atom is 0 e. The third-order valence-corrected chi connectivity index (χ3v) is 1.55. The van der Waals surface area contributed by atoms with Gasteiger partial charge in [-0.2, -0.15) is 17.5 Å². The van der Waals surface area contributed by atoms with E-state index in [1.165, 1.54) is 10.8 Å². The molecule has 1 radical (unpaired) electrons. The van der Waals surface area contributed by atoms with Crippen LogP contribution in [0.3, 0.4) is 0 Å². The van der Waals surface area contributed by atoms with Crippen molar-refractivity contribution in [2.75, 3.05) is 0 Å². The van der Waals surface area contributed by atoms with Crippen molar-refractivity contribution in [2.45, 2.75) is 0 Å². The summed E-state index contributed by atoms with van der Waals surface area (Å²) in [5.41, 5.74) is 0. The Balaban J connectivity index is 0.000000500. The Morgan fingerprint density at radius 3 is 2.60 bits per heavy atom. The fourth-order valence-corrected chi connectivity index (χ4v) is 1.07. The average Bonchev–Trinajstić information content (AvgIpc) is 2.33. The molecule has 0 spiro atoms. The summed E-state index contributed by atoms with van der Waals surface area (Å²) in [5, 5.41) is 2.66. The topological polar surface area (TPSA) is 0 Å². The van der Waals surface area contributed by atoms with E-state index in [4.69, 9.17) is 0 Å². The van der Waals surface area contributed by atoms with Crippen LogP contribution in [0, 0.1) is 0 Å². The van der Waals surface area contributed by atoms with Gasteiger partial charge in [0, 0.05) is 17.1 Å². The zero-order valence-corrected chi connectivity index (χ0v) is 6.60. The van der Waals surface area contributed by atoms with Gasteiger partial charge in [0.25, 0.3) is 0 Å². The van der Waals surface area contributed by atoms with Crippen LogP contribution < -0.4 is 0 Å². The summed E-state index contributed by atoms with van der Waals surface area (Å²) < 4.78 is 0. The van der Waals surface area contributed by atoms with Crippen molar-refractivity contribution in [3.05, 3.63) is 42.5 Å². The van der Waals surface area contributed by atoms with E-state index in [0.717, 1.165) is 0 Å². The molecule has 2 aromatic carbocycles. The van der Waals surface area contributed by atoms with E-state index >= 15 is 0 Å². The summed E-state index contributed by atoms with van der Waals surface area (Å²) >= 11 is 0. The average molecular weight is 170 g/mol. The first-order valence-corrected chi connectivity index (χ1v) is 3.07. The van der Waals surface area contributed by atoms with Crippen LogP contribution in [0.4, 0.5) is 0 Å². The molecule has 10 heavy (non-hydrogen) atoms. The summed E-state index contributed by atoms with van der Waals surface area (Å²) in [6, 6.07) is 14.7. The predicted octanol–water partition coefficient (Wildman–Crippen LogP) is 2.56. The van der Waals surface area contributed by atoms with Gasteiger partial charge in [-0.1, -0.05) is 6.07 Å². The fraction of sp³-hybridized carbons (Fsp3) is 0.